The van der Waals surface area contributed by atoms with Gasteiger partial charge in [-0.3, -0.25) is 0 Å². The fraction of sp³-hybridized carbons (Fsp3) is 0.926. The second-order valence-corrected chi connectivity index (χ2v) is 12.2. The Bertz CT molecular complexity index is 597. The third-order valence-electron chi connectivity index (χ3n) is 10.3. The van der Waals surface area contributed by atoms with E-state index in [1.807, 2.05) is 0 Å². The van der Waals surface area contributed by atoms with Crippen molar-refractivity contribution < 1.29 is 5.11 Å². The molecule has 2 radical (unpaired) electrons. The molecular weight excluding hydrogens is 365 g/mol. The minimum Gasteiger partial charge on any atom is -0.393 e. The lowest BCUT2D eigenvalue weighted by Gasteiger charge is -2.58. The van der Waals surface area contributed by atoms with Gasteiger partial charge in [0.1, 0.15) is 0 Å². The van der Waals surface area contributed by atoms with Gasteiger partial charge in [0.2, 0.25) is 0 Å². The van der Waals surface area contributed by atoms with Gasteiger partial charge in [0.15, 0.2) is 0 Å². The summed E-state index contributed by atoms with van der Waals surface area (Å²) in [5, 5.41) is 10.2. The predicted octanol–water partition coefficient (Wildman–Crippen LogP) is 7.01. The summed E-state index contributed by atoms with van der Waals surface area (Å²) in [7, 11) is 0. The highest BCUT2D eigenvalue weighted by molar-refractivity contribution is 5.75. The van der Waals surface area contributed by atoms with Crippen molar-refractivity contribution in [3.05, 3.63) is 11.6 Å². The van der Waals surface area contributed by atoms with E-state index in [1.165, 1.54) is 57.8 Å². The molecule has 4 aliphatic carbocycles. The first kappa shape index (κ1) is 24.1. The molecule has 0 amide bonds. The molecule has 29 heavy (non-hydrogen) atoms. The van der Waals surface area contributed by atoms with E-state index in [1.54, 1.807) is 5.57 Å². The monoisotopic (exact) mass is 410 g/mol. The number of rotatable bonds is 5. The first-order valence-electron chi connectivity index (χ1n) is 12.6. The van der Waals surface area contributed by atoms with Crippen LogP contribution in [0.15, 0.2) is 11.6 Å². The van der Waals surface area contributed by atoms with Crippen LogP contribution in [0.4, 0.5) is 0 Å². The summed E-state index contributed by atoms with van der Waals surface area (Å²) in [4.78, 5) is 0. The number of hydrogen-bond acceptors (Lipinski definition) is 1. The molecule has 0 aliphatic heterocycles. The molecule has 0 aromatic heterocycles. The number of aliphatic hydroxyl groups excluding tert-OH is 1. The first-order valence-corrected chi connectivity index (χ1v) is 12.6. The summed E-state index contributed by atoms with van der Waals surface area (Å²) in [5.74, 6) is 5.46. The minimum atomic E-state index is -0.0766. The van der Waals surface area contributed by atoms with Gasteiger partial charge in [0.25, 0.3) is 0 Å². The number of hydrogen-bond donors (Lipinski definition) is 1. The lowest BCUT2D eigenvalue weighted by molar-refractivity contribution is -0.0573. The van der Waals surface area contributed by atoms with E-state index >= 15 is 0 Å². The first-order chi connectivity index (χ1) is 13.3. The van der Waals surface area contributed by atoms with Gasteiger partial charge in [-0.05, 0) is 97.7 Å². The van der Waals surface area contributed by atoms with Crippen molar-refractivity contribution in [2.45, 2.75) is 111 Å². The maximum Gasteiger partial charge on any atom is 0.0577 e. The van der Waals surface area contributed by atoms with E-state index in [4.69, 9.17) is 0 Å². The highest BCUT2D eigenvalue weighted by Crippen LogP contribution is 2.67. The van der Waals surface area contributed by atoms with Crippen molar-refractivity contribution in [3.8, 4) is 0 Å². The smallest absolute Gasteiger partial charge is 0.0577 e. The zero-order valence-corrected chi connectivity index (χ0v) is 21.5. The van der Waals surface area contributed by atoms with E-state index in [0.717, 1.165) is 48.3 Å². The molecule has 0 unspecified atom stereocenters. The van der Waals surface area contributed by atoms with Gasteiger partial charge >= 0.3 is 0 Å². The maximum atomic E-state index is 10.2. The third-order valence-corrected chi connectivity index (χ3v) is 10.3. The molecule has 3 saturated carbocycles. The Hall–Kier alpha value is 0.466. The summed E-state index contributed by atoms with van der Waals surface area (Å²) >= 11 is 0. The number of allylic oxidation sites excluding steroid dienone is 1. The van der Waals surface area contributed by atoms with Crippen molar-refractivity contribution >= 4 is 23.1 Å². The molecule has 0 saturated heterocycles. The van der Waals surface area contributed by atoms with E-state index < -0.39 is 0 Å². The lowest BCUT2D eigenvalue weighted by atomic mass is 9.47. The molecule has 0 spiro atoms. The van der Waals surface area contributed by atoms with Crippen LogP contribution in [-0.2, 0) is 0 Å². The molecule has 8 atom stereocenters. The van der Waals surface area contributed by atoms with Gasteiger partial charge in [0.05, 0.1) is 6.10 Å². The Kier molecular flexibility index (Phi) is 7.60. The molecule has 0 bridgehead atoms. The molecule has 1 N–H and O–H groups in total. The third kappa shape index (κ3) is 4.25. The molecule has 0 aromatic rings. The van der Waals surface area contributed by atoms with Gasteiger partial charge < -0.3 is 5.11 Å². The Morgan fingerprint density at radius 2 is 1.76 bits per heavy atom. The molecule has 2 heteroatoms. The fourth-order valence-corrected chi connectivity index (χ4v) is 8.67. The molecule has 0 heterocycles. The summed E-state index contributed by atoms with van der Waals surface area (Å²) < 4.78 is 0. The van der Waals surface area contributed by atoms with Gasteiger partial charge in [-0.25, -0.2) is 0 Å². The van der Waals surface area contributed by atoms with Gasteiger partial charge in [-0.2, -0.15) is 0 Å². The van der Waals surface area contributed by atoms with Crippen molar-refractivity contribution in [2.24, 2.45) is 46.3 Å². The fourth-order valence-electron chi connectivity index (χ4n) is 8.67. The van der Waals surface area contributed by atoms with Crippen molar-refractivity contribution in [1.29, 1.82) is 0 Å². The van der Waals surface area contributed by atoms with Crippen molar-refractivity contribution in [3.63, 3.8) is 0 Å². The Morgan fingerprint density at radius 3 is 2.48 bits per heavy atom. The van der Waals surface area contributed by atoms with Crippen LogP contribution in [0, 0.1) is 46.3 Å². The van der Waals surface area contributed by atoms with Crippen molar-refractivity contribution in [1.82, 2.24) is 0 Å². The molecule has 4 aliphatic rings. The zero-order valence-electron chi connectivity index (χ0n) is 20.1. The Balaban J connectivity index is 0.00000240. The molecule has 162 valence electrons. The van der Waals surface area contributed by atoms with E-state index in [2.05, 4.69) is 40.7 Å². The second-order valence-electron chi connectivity index (χ2n) is 12.2. The van der Waals surface area contributed by atoms with Crippen LogP contribution in [0.3, 0.4) is 0 Å². The van der Waals surface area contributed by atoms with Crippen LogP contribution in [0.1, 0.15) is 105 Å². The van der Waals surface area contributed by atoms with E-state index in [9.17, 15) is 5.11 Å². The number of aliphatic hydroxyl groups is 1. The summed E-state index contributed by atoms with van der Waals surface area (Å²) in [6, 6.07) is 0. The van der Waals surface area contributed by atoms with Crippen LogP contribution in [0.2, 0.25) is 0 Å². The average molecular weight is 411 g/mol. The van der Waals surface area contributed by atoms with Crippen molar-refractivity contribution in [2.75, 3.05) is 0 Å². The van der Waals surface area contributed by atoms with Crippen LogP contribution in [0.5, 0.6) is 0 Å². The highest BCUT2D eigenvalue weighted by Gasteiger charge is 2.59. The maximum absolute atomic E-state index is 10.2. The summed E-state index contributed by atoms with van der Waals surface area (Å²) in [5.41, 5.74) is 2.60. The number of fused-ring (bicyclic) bond motifs is 5. The highest BCUT2D eigenvalue weighted by atomic mass is 24.3. The van der Waals surface area contributed by atoms with Crippen LogP contribution in [0.25, 0.3) is 0 Å². The summed E-state index contributed by atoms with van der Waals surface area (Å²) in [6.07, 6.45) is 17.2. The molecule has 3 fully saturated rings. The average Bonchev–Trinajstić information content (AvgIpc) is 2.99. The molecule has 1 nitrogen and oxygen atoms in total. The SMILES string of the molecule is CC(C)CCC[C@@H](C)[C@H]1CC[C@H]2[C@@H]3CC=C4C[C@@H](O)CC[C@]4(C)[C@H]3CC[C@]12C.[Mg]. The minimum absolute atomic E-state index is 0. The predicted molar refractivity (Wildman–Crippen MR) is 125 cm³/mol. The second kappa shape index (κ2) is 9.14. The zero-order chi connectivity index (χ0) is 20.1. The van der Waals surface area contributed by atoms with Gasteiger partial charge in [-0.15, -0.1) is 0 Å². The van der Waals surface area contributed by atoms with Crippen LogP contribution < -0.4 is 0 Å². The lowest BCUT2D eigenvalue weighted by Crippen LogP contribution is -2.50. The van der Waals surface area contributed by atoms with Gasteiger partial charge in [-0.1, -0.05) is 65.5 Å². The largest absolute Gasteiger partial charge is 0.393 e. The topological polar surface area (TPSA) is 20.2 Å². The van der Waals surface area contributed by atoms with E-state index in [0.29, 0.717) is 10.8 Å². The molecular formula is C27H46MgO. The quantitative estimate of drug-likeness (QED) is 0.381. The summed E-state index contributed by atoms with van der Waals surface area (Å²) in [6.45, 7) is 12.6. The molecule has 0 aromatic carbocycles. The Morgan fingerprint density at radius 1 is 1.00 bits per heavy atom. The normalized spacial score (nSPS) is 44.9. The van der Waals surface area contributed by atoms with Crippen LogP contribution in [-0.4, -0.2) is 34.3 Å². The standard InChI is InChI=1S/C27H46O.Mg/c1-18(2)7-6-8-19(3)23-11-12-24-22-10-9-20-17-21(28)13-15-26(20,4)25(22)14-16-27(23,24)5;/h9,18-19,21-25,28H,6-8,10-17H2,1-5H3;/t19-,21+,22+,23-,24+,25+,26+,27-;/m1./s1. The molecule has 4 rings (SSSR count). The van der Waals surface area contributed by atoms with E-state index in [-0.39, 0.29) is 29.2 Å². The van der Waals surface area contributed by atoms with Crippen LogP contribution >= 0.6 is 0 Å². The van der Waals surface area contributed by atoms with Gasteiger partial charge in [0, 0.05) is 23.1 Å². The Labute approximate surface area is 197 Å².